The van der Waals surface area contributed by atoms with E-state index in [1.54, 1.807) is 4.90 Å². The van der Waals surface area contributed by atoms with Crippen LogP contribution in [0.5, 0.6) is 6.01 Å². The number of nitriles is 1. The maximum Gasteiger partial charge on any atom is 0.323 e. The molecule has 208 valence electrons. The summed E-state index contributed by atoms with van der Waals surface area (Å²) >= 11 is 1.52. The quantitative estimate of drug-likeness (QED) is 0.484. The first-order valence-corrected chi connectivity index (χ1v) is 14.5. The number of hydrogen-bond acceptors (Lipinski definition) is 12. The minimum Gasteiger partial charge on any atom is -0.461 e. The number of aliphatic hydroxyl groups is 2. The van der Waals surface area contributed by atoms with E-state index in [0.717, 1.165) is 37.8 Å². The number of hydrogen-bond donors (Lipinski definition) is 3. The summed E-state index contributed by atoms with van der Waals surface area (Å²) in [4.78, 5) is 21.2. The standard InChI is InChI=1S/C26H33FN8O3S/c27-15-7-26(3-1-5-35(26)9-15)14-38-24-31-22(33-10-16(36)6-17(37)11-33)30-23(32-24)34-12-25(13-34)4-2-19-20(25)18(8-28)21(29)39-19/h15-17,36-37H,1-7,9-14,29H2/t15-,16-,17-,26+/m1/s1. The Morgan fingerprint density at radius 2 is 1.85 bits per heavy atom. The van der Waals surface area contributed by atoms with Crippen LogP contribution in [0.15, 0.2) is 0 Å². The van der Waals surface area contributed by atoms with Crippen molar-refractivity contribution in [3.05, 3.63) is 16.0 Å². The van der Waals surface area contributed by atoms with Crippen LogP contribution in [0.25, 0.3) is 0 Å². The molecule has 0 unspecified atom stereocenters. The third-order valence-electron chi connectivity index (χ3n) is 9.26. The van der Waals surface area contributed by atoms with Gasteiger partial charge in [-0.15, -0.1) is 11.3 Å². The Labute approximate surface area is 230 Å². The molecule has 4 atom stereocenters. The molecule has 0 saturated carbocycles. The molecule has 1 aliphatic carbocycles. The maximum atomic E-state index is 14.3. The molecule has 2 aromatic rings. The molecule has 6 heterocycles. The first-order chi connectivity index (χ1) is 18.8. The number of anilines is 3. The highest BCUT2D eigenvalue weighted by Gasteiger charge is 2.52. The van der Waals surface area contributed by atoms with Gasteiger partial charge in [-0.1, -0.05) is 0 Å². The number of alkyl halides is 1. The zero-order valence-corrected chi connectivity index (χ0v) is 22.5. The molecule has 11 nitrogen and oxygen atoms in total. The van der Waals surface area contributed by atoms with Gasteiger partial charge in [0.05, 0.1) is 23.3 Å². The summed E-state index contributed by atoms with van der Waals surface area (Å²) in [6.07, 6.45) is 2.28. The van der Waals surface area contributed by atoms with Crippen LogP contribution in [-0.4, -0.2) is 99.9 Å². The number of nitrogens with two attached hydrogens (primary N) is 1. The second kappa shape index (κ2) is 9.12. The van der Waals surface area contributed by atoms with Gasteiger partial charge in [-0.3, -0.25) is 4.90 Å². The minimum atomic E-state index is -0.854. The monoisotopic (exact) mass is 556 g/mol. The molecule has 0 aromatic carbocycles. The summed E-state index contributed by atoms with van der Waals surface area (Å²) in [5, 5.41) is 30.9. The molecule has 4 fully saturated rings. The first-order valence-electron chi connectivity index (χ1n) is 13.7. The van der Waals surface area contributed by atoms with Crippen molar-refractivity contribution in [1.82, 2.24) is 19.9 Å². The van der Waals surface area contributed by atoms with E-state index in [0.29, 0.717) is 74.6 Å². The van der Waals surface area contributed by atoms with Crippen molar-refractivity contribution in [3.8, 4) is 12.1 Å². The lowest BCUT2D eigenvalue weighted by Crippen LogP contribution is -2.59. The van der Waals surface area contributed by atoms with Gasteiger partial charge in [-0.05, 0) is 37.8 Å². The van der Waals surface area contributed by atoms with Crippen molar-refractivity contribution in [2.45, 2.75) is 67.9 Å². The number of aliphatic hydroxyl groups excluding tert-OH is 2. The predicted octanol–water partition coefficient (Wildman–Crippen LogP) is 0.978. The number of aryl methyl sites for hydroxylation is 1. The number of thiophene rings is 1. The van der Waals surface area contributed by atoms with Gasteiger partial charge in [0.15, 0.2) is 0 Å². The summed E-state index contributed by atoms with van der Waals surface area (Å²) < 4.78 is 20.5. The highest BCUT2D eigenvalue weighted by atomic mass is 32.1. The Balaban J connectivity index is 1.17. The van der Waals surface area contributed by atoms with Crippen LogP contribution < -0.4 is 20.3 Å². The number of piperidine rings is 1. The van der Waals surface area contributed by atoms with E-state index >= 15 is 0 Å². The average molecular weight is 557 g/mol. The van der Waals surface area contributed by atoms with E-state index in [9.17, 15) is 19.9 Å². The summed E-state index contributed by atoms with van der Waals surface area (Å²) in [6, 6.07) is 2.47. The average Bonchev–Trinajstić information content (AvgIpc) is 3.59. The van der Waals surface area contributed by atoms with E-state index < -0.39 is 18.4 Å². The lowest BCUT2D eigenvalue weighted by molar-refractivity contribution is 0.0643. The lowest BCUT2D eigenvalue weighted by Gasteiger charge is -2.48. The number of ether oxygens (including phenoxy) is 1. The molecule has 4 aliphatic heterocycles. The molecule has 0 radical (unpaired) electrons. The summed E-state index contributed by atoms with van der Waals surface area (Å²) in [5.41, 5.74) is 7.34. The molecule has 5 aliphatic rings. The van der Waals surface area contributed by atoms with Crippen molar-refractivity contribution in [1.29, 1.82) is 5.26 Å². The highest BCUT2D eigenvalue weighted by molar-refractivity contribution is 7.16. The van der Waals surface area contributed by atoms with Gasteiger partial charge in [-0.2, -0.15) is 20.2 Å². The minimum absolute atomic E-state index is 0.150. The van der Waals surface area contributed by atoms with Crippen LogP contribution >= 0.6 is 11.3 Å². The molecule has 4 N–H and O–H groups in total. The Morgan fingerprint density at radius 1 is 1.10 bits per heavy atom. The number of rotatable bonds is 5. The number of aromatic nitrogens is 3. The zero-order valence-electron chi connectivity index (χ0n) is 21.7. The molecular weight excluding hydrogens is 523 g/mol. The van der Waals surface area contributed by atoms with Gasteiger partial charge >= 0.3 is 6.01 Å². The molecule has 0 bridgehead atoms. The Kier molecular flexibility index (Phi) is 5.89. The fourth-order valence-corrected chi connectivity index (χ4v) is 8.65. The lowest BCUT2D eigenvalue weighted by atomic mass is 9.74. The van der Waals surface area contributed by atoms with E-state index in [1.165, 1.54) is 16.2 Å². The van der Waals surface area contributed by atoms with Crippen LogP contribution in [-0.2, 0) is 11.8 Å². The van der Waals surface area contributed by atoms with E-state index in [-0.39, 0.29) is 17.0 Å². The zero-order chi connectivity index (χ0) is 26.9. The SMILES string of the molecule is N#Cc1c(N)sc2c1C1(CC2)CN(c2nc(OC[C@@]34CCCN3C[C@H](F)C4)nc(N3C[C@H](O)C[C@@H](O)C3)n2)C1. The number of β-amino-alcohol motifs (C(OH)–C–C–N with tert-alkyl or cyclic N) is 2. The van der Waals surface area contributed by atoms with E-state index in [4.69, 9.17) is 15.5 Å². The number of halogens is 1. The van der Waals surface area contributed by atoms with Crippen LogP contribution in [0, 0.1) is 11.3 Å². The maximum absolute atomic E-state index is 14.3. The second-order valence-electron chi connectivity index (χ2n) is 11.9. The van der Waals surface area contributed by atoms with E-state index in [1.807, 2.05) is 0 Å². The molecule has 39 heavy (non-hydrogen) atoms. The summed E-state index contributed by atoms with van der Waals surface area (Å²) in [7, 11) is 0. The van der Waals surface area contributed by atoms with Gasteiger partial charge in [0.25, 0.3) is 0 Å². The fraction of sp³-hybridized carbons (Fsp3) is 0.692. The molecular formula is C26H33FN8O3S. The number of nitrogen functional groups attached to an aromatic ring is 1. The van der Waals surface area contributed by atoms with Crippen molar-refractivity contribution in [3.63, 3.8) is 0 Å². The highest BCUT2D eigenvalue weighted by Crippen LogP contribution is 2.52. The van der Waals surface area contributed by atoms with E-state index in [2.05, 4.69) is 25.8 Å². The van der Waals surface area contributed by atoms with Gasteiger partial charge in [0, 0.05) is 55.9 Å². The predicted molar refractivity (Wildman–Crippen MR) is 143 cm³/mol. The van der Waals surface area contributed by atoms with Crippen molar-refractivity contribution < 1.29 is 19.3 Å². The summed E-state index contributed by atoms with van der Waals surface area (Å²) in [6.45, 7) is 3.52. The third kappa shape index (κ3) is 4.11. The number of nitrogens with zero attached hydrogens (tertiary/aromatic N) is 7. The Morgan fingerprint density at radius 3 is 2.59 bits per heavy atom. The van der Waals surface area contributed by atoms with Crippen molar-refractivity contribution >= 4 is 28.2 Å². The topological polar surface area (TPSA) is 148 Å². The van der Waals surface area contributed by atoms with Crippen LogP contribution in [0.2, 0.25) is 0 Å². The van der Waals surface area contributed by atoms with Gasteiger partial charge < -0.3 is 30.5 Å². The van der Waals surface area contributed by atoms with Crippen molar-refractivity contribution in [2.24, 2.45) is 0 Å². The van der Waals surface area contributed by atoms with Gasteiger partial charge in [0.1, 0.15) is 23.8 Å². The number of fused-ring (bicyclic) bond motifs is 3. The molecule has 0 amide bonds. The molecule has 1 spiro atoms. The molecule has 2 aromatic heterocycles. The first kappa shape index (κ1) is 25.2. The molecule has 13 heteroatoms. The smallest absolute Gasteiger partial charge is 0.323 e. The normalized spacial score (nSPS) is 31.3. The van der Waals surface area contributed by atoms with Crippen molar-refractivity contribution in [2.75, 3.05) is 61.4 Å². The van der Waals surface area contributed by atoms with Crippen LogP contribution in [0.3, 0.4) is 0 Å². The van der Waals surface area contributed by atoms with Crippen LogP contribution in [0.1, 0.15) is 48.1 Å². The Bertz CT molecular complexity index is 1320. The molecule has 4 saturated heterocycles. The Hall–Kier alpha value is -2.79. The van der Waals surface area contributed by atoms with Gasteiger partial charge in [0.2, 0.25) is 11.9 Å². The molecule has 7 rings (SSSR count). The fourth-order valence-electron chi connectivity index (χ4n) is 7.51. The van der Waals surface area contributed by atoms with Gasteiger partial charge in [-0.25, -0.2) is 4.39 Å². The largest absolute Gasteiger partial charge is 0.461 e. The summed E-state index contributed by atoms with van der Waals surface area (Å²) in [5.74, 6) is 0.801. The second-order valence-corrected chi connectivity index (χ2v) is 13.1. The third-order valence-corrected chi connectivity index (χ3v) is 10.3. The van der Waals surface area contributed by atoms with Crippen LogP contribution in [0.4, 0.5) is 21.3 Å².